The molecule has 3 nitrogen and oxygen atoms in total. The fourth-order valence-electron chi connectivity index (χ4n) is 2.77. The van der Waals surface area contributed by atoms with Crippen molar-refractivity contribution in [2.45, 2.75) is 45.1 Å². The van der Waals surface area contributed by atoms with E-state index in [1.54, 1.807) is 7.11 Å². The van der Waals surface area contributed by atoms with Crippen molar-refractivity contribution in [3.05, 3.63) is 29.3 Å². The molecule has 2 rings (SSSR count). The normalized spacial score (nSPS) is 18.5. The van der Waals surface area contributed by atoms with E-state index in [1.165, 1.54) is 0 Å². The van der Waals surface area contributed by atoms with E-state index >= 15 is 0 Å². The van der Waals surface area contributed by atoms with Gasteiger partial charge in [-0.05, 0) is 36.0 Å². The molecule has 19 heavy (non-hydrogen) atoms. The second kappa shape index (κ2) is 5.22. The molecule has 0 aromatic heterocycles. The lowest BCUT2D eigenvalue weighted by atomic mass is 9.63. The molecule has 0 saturated heterocycles. The molecule has 2 N–H and O–H groups in total. The molecule has 1 aliphatic rings. The number of nitriles is 1. The number of nitrogens with zero attached hydrogens (tertiary/aromatic N) is 1. The van der Waals surface area contributed by atoms with Crippen molar-refractivity contribution >= 4 is 0 Å². The Bertz CT molecular complexity index is 498. The van der Waals surface area contributed by atoms with Gasteiger partial charge in [-0.3, -0.25) is 0 Å². The lowest BCUT2D eigenvalue weighted by Gasteiger charge is -2.40. The summed E-state index contributed by atoms with van der Waals surface area (Å²) in [7, 11) is 1.68. The minimum Gasteiger partial charge on any atom is -0.496 e. The second-order valence-corrected chi connectivity index (χ2v) is 5.76. The molecular formula is C16H22N2O. The highest BCUT2D eigenvalue weighted by Gasteiger charge is 2.43. The van der Waals surface area contributed by atoms with Gasteiger partial charge in [0.05, 0.1) is 18.6 Å². The molecule has 3 heteroatoms. The maximum atomic E-state index is 9.39. The monoisotopic (exact) mass is 258 g/mol. The van der Waals surface area contributed by atoms with Crippen LogP contribution in [0.2, 0.25) is 0 Å². The first-order valence-corrected chi connectivity index (χ1v) is 6.89. The first kappa shape index (κ1) is 13.9. The van der Waals surface area contributed by atoms with E-state index < -0.39 is 0 Å². The number of benzene rings is 1. The van der Waals surface area contributed by atoms with E-state index in [-0.39, 0.29) is 11.5 Å². The fourth-order valence-corrected chi connectivity index (χ4v) is 2.77. The predicted octanol–water partition coefficient (Wildman–Crippen LogP) is 3.51. The van der Waals surface area contributed by atoms with Crippen molar-refractivity contribution < 1.29 is 4.74 Å². The lowest BCUT2D eigenvalue weighted by molar-refractivity contribution is 0.169. The van der Waals surface area contributed by atoms with Gasteiger partial charge in [0, 0.05) is 6.04 Å². The van der Waals surface area contributed by atoms with Crippen molar-refractivity contribution in [1.29, 1.82) is 5.26 Å². The molecule has 0 radical (unpaired) electrons. The van der Waals surface area contributed by atoms with Crippen molar-refractivity contribution in [3.8, 4) is 11.8 Å². The maximum absolute atomic E-state index is 9.39. The van der Waals surface area contributed by atoms with Crippen molar-refractivity contribution in [1.82, 2.24) is 0 Å². The average molecular weight is 258 g/mol. The number of methoxy groups -OCH3 is 1. The molecule has 0 aliphatic heterocycles. The van der Waals surface area contributed by atoms with Gasteiger partial charge in [-0.15, -0.1) is 0 Å². The van der Waals surface area contributed by atoms with Gasteiger partial charge in [0.2, 0.25) is 0 Å². The Kier molecular flexibility index (Phi) is 3.82. The molecule has 102 valence electrons. The van der Waals surface area contributed by atoms with Crippen LogP contribution in [0.25, 0.3) is 0 Å². The predicted molar refractivity (Wildman–Crippen MR) is 75.9 cm³/mol. The highest BCUT2D eigenvalue weighted by Crippen LogP contribution is 2.49. The van der Waals surface area contributed by atoms with Crippen molar-refractivity contribution in [3.63, 3.8) is 0 Å². The average Bonchev–Trinajstić information content (AvgIpc) is 2.37. The zero-order valence-electron chi connectivity index (χ0n) is 11.9. The summed E-state index contributed by atoms with van der Waals surface area (Å²) in [6, 6.07) is 8.30. The Labute approximate surface area is 115 Å². The van der Waals surface area contributed by atoms with Gasteiger partial charge in [0.25, 0.3) is 0 Å². The van der Waals surface area contributed by atoms with Crippen molar-refractivity contribution in [2.75, 3.05) is 7.11 Å². The number of hydrogen-bond donors (Lipinski definition) is 1. The molecule has 0 heterocycles. The Morgan fingerprint density at radius 1 is 1.37 bits per heavy atom. The molecule has 1 saturated carbocycles. The number of nitrogens with two attached hydrogens (primary N) is 1. The van der Waals surface area contributed by atoms with Crippen LogP contribution in [0.1, 0.15) is 56.2 Å². The maximum Gasteiger partial charge on any atom is 0.122 e. The van der Waals surface area contributed by atoms with Gasteiger partial charge in [-0.1, -0.05) is 32.4 Å². The van der Waals surface area contributed by atoms with Gasteiger partial charge in [0.1, 0.15) is 5.75 Å². The summed E-state index contributed by atoms with van der Waals surface area (Å²) in [6.45, 7) is 4.27. The molecule has 1 aromatic carbocycles. The van der Waals surface area contributed by atoms with Gasteiger partial charge in [-0.25, -0.2) is 0 Å². The van der Waals surface area contributed by atoms with E-state index in [4.69, 9.17) is 10.5 Å². The topological polar surface area (TPSA) is 59.0 Å². The molecule has 1 unspecified atom stereocenters. The van der Waals surface area contributed by atoms with Crippen LogP contribution in [0.15, 0.2) is 18.2 Å². The Morgan fingerprint density at radius 2 is 2.05 bits per heavy atom. The van der Waals surface area contributed by atoms with Gasteiger partial charge in [0.15, 0.2) is 0 Å². The van der Waals surface area contributed by atoms with Crippen LogP contribution in [0.4, 0.5) is 0 Å². The Balaban J connectivity index is 2.36. The quantitative estimate of drug-likeness (QED) is 0.899. The highest BCUT2D eigenvalue weighted by molar-refractivity contribution is 5.41. The van der Waals surface area contributed by atoms with Crippen LogP contribution in [0.3, 0.4) is 0 Å². The lowest BCUT2D eigenvalue weighted by Crippen LogP contribution is -2.39. The van der Waals surface area contributed by atoms with Gasteiger partial charge in [-0.2, -0.15) is 5.26 Å². The summed E-state index contributed by atoms with van der Waals surface area (Å²) in [5.74, 6) is 1.27. The molecule has 1 fully saturated rings. The van der Waals surface area contributed by atoms with Crippen LogP contribution >= 0.6 is 0 Å². The number of hydrogen-bond acceptors (Lipinski definition) is 3. The zero-order valence-corrected chi connectivity index (χ0v) is 11.9. The zero-order chi connectivity index (χ0) is 14.0. The number of rotatable bonds is 4. The number of ether oxygens (including phenoxy) is 1. The van der Waals surface area contributed by atoms with Crippen LogP contribution in [-0.4, -0.2) is 7.11 Å². The van der Waals surface area contributed by atoms with Crippen LogP contribution in [-0.2, 0) is 0 Å². The van der Waals surface area contributed by atoms with Crippen molar-refractivity contribution in [2.24, 2.45) is 11.1 Å². The van der Waals surface area contributed by atoms with E-state index in [0.29, 0.717) is 5.92 Å². The summed E-state index contributed by atoms with van der Waals surface area (Å²) in [5, 5.41) is 9.39. The minimum absolute atomic E-state index is 0.199. The first-order chi connectivity index (χ1) is 9.04. The Morgan fingerprint density at radius 3 is 2.47 bits per heavy atom. The van der Waals surface area contributed by atoms with E-state index in [9.17, 15) is 5.26 Å². The molecule has 0 spiro atoms. The Hall–Kier alpha value is -1.53. The molecule has 0 amide bonds. The van der Waals surface area contributed by atoms with Gasteiger partial charge < -0.3 is 10.5 Å². The van der Waals surface area contributed by atoms with Crippen LogP contribution < -0.4 is 10.5 Å². The van der Waals surface area contributed by atoms with E-state index in [0.717, 1.165) is 36.1 Å². The smallest absolute Gasteiger partial charge is 0.122 e. The summed E-state index contributed by atoms with van der Waals surface area (Å²) in [6.07, 6.45) is 2.93. The van der Waals surface area contributed by atoms with E-state index in [1.807, 2.05) is 12.1 Å². The third-order valence-electron chi connectivity index (χ3n) is 4.30. The summed E-state index contributed by atoms with van der Waals surface area (Å²) in [5.41, 5.74) is 8.19. The summed E-state index contributed by atoms with van der Waals surface area (Å²) in [4.78, 5) is 0. The minimum atomic E-state index is -0.358. The largest absolute Gasteiger partial charge is 0.496 e. The second-order valence-electron chi connectivity index (χ2n) is 5.76. The summed E-state index contributed by atoms with van der Waals surface area (Å²) >= 11 is 0. The first-order valence-electron chi connectivity index (χ1n) is 6.89. The fraction of sp³-hybridized carbons (Fsp3) is 0.562. The third-order valence-corrected chi connectivity index (χ3v) is 4.30. The van der Waals surface area contributed by atoms with E-state index in [2.05, 4.69) is 26.0 Å². The highest BCUT2D eigenvalue weighted by atomic mass is 16.5. The molecule has 1 aliphatic carbocycles. The molecule has 0 bridgehead atoms. The SMILES string of the molecule is COc1ccc(C(N)C2(C#N)CCC2)cc1C(C)C. The van der Waals surface area contributed by atoms with Gasteiger partial charge >= 0.3 is 0 Å². The standard InChI is InChI=1S/C16H22N2O/c1-11(2)13-9-12(5-6-14(13)19-3)15(18)16(10-17)7-4-8-16/h5-6,9,11,15H,4,7-8,18H2,1-3H3. The molecular weight excluding hydrogens is 236 g/mol. The molecule has 1 aromatic rings. The van der Waals surface area contributed by atoms with Crippen LogP contribution in [0.5, 0.6) is 5.75 Å². The van der Waals surface area contributed by atoms with Crippen LogP contribution in [0, 0.1) is 16.7 Å². The summed E-state index contributed by atoms with van der Waals surface area (Å²) < 4.78 is 5.39. The third kappa shape index (κ3) is 2.33. The molecule has 1 atom stereocenters.